The molecular weight excluding hydrogens is 380 g/mol. The molecule has 0 atom stereocenters. The predicted molar refractivity (Wildman–Crippen MR) is 123 cm³/mol. The molecule has 0 amide bonds. The zero-order chi connectivity index (χ0) is 19.0. The predicted octanol–water partition coefficient (Wildman–Crippen LogP) is 3.83. The third kappa shape index (κ3) is 7.09. The number of benzene rings is 2. The molecule has 2 N–H and O–H groups in total. The summed E-state index contributed by atoms with van der Waals surface area (Å²) in [6.45, 7) is 6.91. The molecule has 0 saturated carbocycles. The Labute approximate surface area is 182 Å². The molecule has 2 aromatic carbocycles. The van der Waals surface area contributed by atoms with E-state index < -0.39 is 0 Å². The zero-order valence-corrected chi connectivity index (χ0v) is 18.1. The minimum Gasteiger partial charge on any atom is -0.299 e. The van der Waals surface area contributed by atoms with Crippen LogP contribution in [0.5, 0.6) is 0 Å². The van der Waals surface area contributed by atoms with Crippen molar-refractivity contribution in [1.82, 2.24) is 20.7 Å². The quantitative estimate of drug-likeness (QED) is 0.674. The molecule has 0 aliphatic carbocycles. The van der Waals surface area contributed by atoms with Gasteiger partial charge in [-0.1, -0.05) is 60.7 Å². The van der Waals surface area contributed by atoms with Crippen LogP contribution in [0.25, 0.3) is 0 Å². The molecule has 0 unspecified atom stereocenters. The molecule has 5 heteroatoms. The molecule has 2 aliphatic heterocycles. The number of hydrazine groups is 1. The maximum absolute atomic E-state index is 3.65. The minimum atomic E-state index is 0. The average molecular weight is 415 g/mol. The van der Waals surface area contributed by atoms with E-state index in [9.17, 15) is 0 Å². The molecule has 0 spiro atoms. The first kappa shape index (κ1) is 22.3. The van der Waals surface area contributed by atoms with Crippen molar-refractivity contribution >= 4 is 12.4 Å². The number of hydrogen-bond donors (Lipinski definition) is 2. The van der Waals surface area contributed by atoms with Gasteiger partial charge in [0.1, 0.15) is 0 Å². The highest BCUT2D eigenvalue weighted by Gasteiger charge is 2.22. The van der Waals surface area contributed by atoms with Crippen LogP contribution in [0.3, 0.4) is 0 Å². The fourth-order valence-electron chi connectivity index (χ4n) is 4.39. The Morgan fingerprint density at radius 3 is 1.28 bits per heavy atom. The van der Waals surface area contributed by atoms with Crippen LogP contribution < -0.4 is 10.9 Å². The van der Waals surface area contributed by atoms with Crippen LogP contribution in [-0.4, -0.2) is 48.1 Å². The van der Waals surface area contributed by atoms with Gasteiger partial charge in [-0.15, -0.1) is 12.4 Å². The van der Waals surface area contributed by atoms with Crippen molar-refractivity contribution in [1.29, 1.82) is 0 Å². The standard InChI is InChI=1S/C24H34N4.ClH/c1-3-7-21(8-4-1)19-27-15-11-23(12-16-27)25-26-24-13-17-28(18-14-24)20-22-9-5-2-6-10-22;/h1-10,23-26H,11-20H2;1H. The molecule has 2 aliphatic rings. The van der Waals surface area contributed by atoms with Crippen LogP contribution in [0.1, 0.15) is 36.8 Å². The molecule has 2 aromatic rings. The van der Waals surface area contributed by atoms with Gasteiger partial charge in [-0.2, -0.15) is 0 Å². The van der Waals surface area contributed by atoms with E-state index in [1.54, 1.807) is 0 Å². The van der Waals surface area contributed by atoms with Crippen molar-refractivity contribution in [2.75, 3.05) is 26.2 Å². The van der Waals surface area contributed by atoms with Crippen molar-refractivity contribution in [3.8, 4) is 0 Å². The van der Waals surface area contributed by atoms with Gasteiger partial charge >= 0.3 is 0 Å². The molecule has 4 nitrogen and oxygen atoms in total. The van der Waals surface area contributed by atoms with E-state index in [4.69, 9.17) is 0 Å². The Balaban J connectivity index is 0.00000240. The number of hydrogen-bond acceptors (Lipinski definition) is 4. The first-order chi connectivity index (χ1) is 13.8. The fraction of sp³-hybridized carbons (Fsp3) is 0.500. The smallest absolute Gasteiger partial charge is 0.0237 e. The van der Waals surface area contributed by atoms with Crippen LogP contribution in [0.2, 0.25) is 0 Å². The summed E-state index contributed by atoms with van der Waals surface area (Å²) >= 11 is 0. The molecule has 0 bridgehead atoms. The molecule has 2 fully saturated rings. The molecular formula is C24H35ClN4. The SMILES string of the molecule is Cl.c1ccc(CN2CCC(NNC3CCN(Cc4ccccc4)CC3)CC2)cc1. The summed E-state index contributed by atoms with van der Waals surface area (Å²) in [4.78, 5) is 5.16. The van der Waals surface area contributed by atoms with Crippen LogP contribution >= 0.6 is 12.4 Å². The topological polar surface area (TPSA) is 30.5 Å². The molecule has 2 heterocycles. The summed E-state index contributed by atoms with van der Waals surface area (Å²) in [6.07, 6.45) is 4.92. The minimum absolute atomic E-state index is 0. The van der Waals surface area contributed by atoms with Gasteiger partial charge < -0.3 is 0 Å². The number of halogens is 1. The number of nitrogens with zero attached hydrogens (tertiary/aromatic N) is 2. The van der Waals surface area contributed by atoms with E-state index in [0.29, 0.717) is 12.1 Å². The third-order valence-corrected chi connectivity index (χ3v) is 6.16. The lowest BCUT2D eigenvalue weighted by molar-refractivity contribution is 0.154. The maximum atomic E-state index is 3.65. The maximum Gasteiger partial charge on any atom is 0.0237 e. The second-order valence-electron chi connectivity index (χ2n) is 8.36. The van der Waals surface area contributed by atoms with Crippen molar-refractivity contribution < 1.29 is 0 Å². The lowest BCUT2D eigenvalue weighted by Gasteiger charge is -2.36. The van der Waals surface area contributed by atoms with Crippen molar-refractivity contribution in [2.45, 2.75) is 50.9 Å². The highest BCUT2D eigenvalue weighted by atomic mass is 35.5. The van der Waals surface area contributed by atoms with Crippen LogP contribution in [0.4, 0.5) is 0 Å². The average Bonchev–Trinajstić information content (AvgIpc) is 2.76. The summed E-state index contributed by atoms with van der Waals surface area (Å²) < 4.78 is 0. The first-order valence-electron chi connectivity index (χ1n) is 10.9. The summed E-state index contributed by atoms with van der Waals surface area (Å²) in [5.74, 6) is 0. The summed E-state index contributed by atoms with van der Waals surface area (Å²) in [5, 5.41) is 0. The van der Waals surface area contributed by atoms with Crippen molar-refractivity contribution in [3.05, 3.63) is 71.8 Å². The number of likely N-dealkylation sites (tertiary alicyclic amines) is 2. The summed E-state index contributed by atoms with van der Waals surface area (Å²) in [6, 6.07) is 22.9. The lowest BCUT2D eigenvalue weighted by atomic mass is 10.0. The highest BCUT2D eigenvalue weighted by Crippen LogP contribution is 2.16. The number of piperidine rings is 2. The number of rotatable bonds is 7. The van der Waals surface area contributed by atoms with Gasteiger partial charge in [0.2, 0.25) is 0 Å². The zero-order valence-electron chi connectivity index (χ0n) is 17.3. The Morgan fingerprint density at radius 2 is 0.931 bits per heavy atom. The van der Waals surface area contributed by atoms with Gasteiger partial charge in [-0.3, -0.25) is 20.7 Å². The van der Waals surface area contributed by atoms with Gasteiger partial charge in [0.05, 0.1) is 0 Å². The van der Waals surface area contributed by atoms with E-state index in [-0.39, 0.29) is 12.4 Å². The second kappa shape index (κ2) is 11.7. The summed E-state index contributed by atoms with van der Waals surface area (Å²) in [7, 11) is 0. The fourth-order valence-corrected chi connectivity index (χ4v) is 4.39. The van der Waals surface area contributed by atoms with Crippen molar-refractivity contribution in [3.63, 3.8) is 0 Å². The first-order valence-corrected chi connectivity index (χ1v) is 10.9. The molecule has 0 radical (unpaired) electrons. The molecule has 158 valence electrons. The van der Waals surface area contributed by atoms with E-state index in [2.05, 4.69) is 81.3 Å². The van der Waals surface area contributed by atoms with E-state index >= 15 is 0 Å². The van der Waals surface area contributed by atoms with E-state index in [1.807, 2.05) is 0 Å². The van der Waals surface area contributed by atoms with Gasteiger partial charge in [-0.05, 0) is 36.8 Å². The summed E-state index contributed by atoms with van der Waals surface area (Å²) in [5.41, 5.74) is 10.1. The van der Waals surface area contributed by atoms with Crippen LogP contribution in [0, 0.1) is 0 Å². The Hall–Kier alpha value is -1.43. The molecule has 4 rings (SSSR count). The van der Waals surface area contributed by atoms with Gasteiger partial charge in [-0.25, -0.2) is 0 Å². The van der Waals surface area contributed by atoms with Gasteiger partial charge in [0.15, 0.2) is 0 Å². The van der Waals surface area contributed by atoms with E-state index in [0.717, 1.165) is 13.1 Å². The monoisotopic (exact) mass is 414 g/mol. The van der Waals surface area contributed by atoms with Crippen molar-refractivity contribution in [2.24, 2.45) is 0 Å². The van der Waals surface area contributed by atoms with Crippen LogP contribution in [-0.2, 0) is 13.1 Å². The molecule has 2 saturated heterocycles. The van der Waals surface area contributed by atoms with Crippen LogP contribution in [0.15, 0.2) is 60.7 Å². The van der Waals surface area contributed by atoms with Gasteiger partial charge in [0.25, 0.3) is 0 Å². The lowest BCUT2D eigenvalue weighted by Crippen LogP contribution is -2.53. The van der Waals surface area contributed by atoms with E-state index in [1.165, 1.54) is 63.0 Å². The Bertz CT molecular complexity index is 619. The number of nitrogens with one attached hydrogen (secondary N) is 2. The largest absolute Gasteiger partial charge is 0.299 e. The van der Waals surface area contributed by atoms with Gasteiger partial charge in [0, 0.05) is 51.4 Å². The molecule has 0 aromatic heterocycles. The third-order valence-electron chi connectivity index (χ3n) is 6.16. The Kier molecular flexibility index (Phi) is 8.96. The Morgan fingerprint density at radius 1 is 0.586 bits per heavy atom. The normalized spacial score (nSPS) is 19.7. The highest BCUT2D eigenvalue weighted by molar-refractivity contribution is 5.85. The second-order valence-corrected chi connectivity index (χ2v) is 8.36. The molecule has 29 heavy (non-hydrogen) atoms.